The number of unbranched alkanes of at least 4 members (excludes halogenated alkanes) is 14. The summed E-state index contributed by atoms with van der Waals surface area (Å²) in [5.74, 6) is 0. The number of benzene rings is 2. The zero-order valence-corrected chi connectivity index (χ0v) is 32.7. The molecule has 0 fully saturated rings. The molecule has 0 aromatic heterocycles. The third kappa shape index (κ3) is 17.4. The van der Waals surface area contributed by atoms with Crippen LogP contribution in [0.2, 0.25) is 0 Å². The van der Waals surface area contributed by atoms with E-state index in [2.05, 4.69) is 77.9 Å². The second kappa shape index (κ2) is 27.6. The first-order valence-electron chi connectivity index (χ1n) is 21.0. The van der Waals surface area contributed by atoms with Crippen molar-refractivity contribution in [3.63, 3.8) is 0 Å². The summed E-state index contributed by atoms with van der Waals surface area (Å²) in [4.78, 5) is 11.0. The molecule has 0 atom stereocenters. The van der Waals surface area contributed by atoms with Crippen LogP contribution in [0.1, 0.15) is 205 Å². The fourth-order valence-corrected chi connectivity index (χ4v) is 6.86. The van der Waals surface area contributed by atoms with E-state index >= 15 is 0 Å². The van der Waals surface area contributed by atoms with Crippen LogP contribution in [0, 0.1) is 0 Å². The molecule has 0 unspecified atom stereocenters. The normalized spacial score (nSPS) is 12.3. The van der Waals surface area contributed by atoms with Crippen molar-refractivity contribution in [2.45, 2.75) is 208 Å². The van der Waals surface area contributed by atoms with Crippen molar-refractivity contribution in [1.29, 1.82) is 0 Å². The maximum Gasteiger partial charge on any atom is 0.0636 e. The first-order valence-corrected chi connectivity index (χ1v) is 21.0. The molecule has 0 radical (unpaired) electrons. The van der Waals surface area contributed by atoms with Crippen LogP contribution in [0.5, 0.6) is 0 Å². The van der Waals surface area contributed by atoms with Gasteiger partial charge in [0.2, 0.25) is 0 Å². The van der Waals surface area contributed by atoms with E-state index in [-0.39, 0.29) is 0 Å². The molecule has 0 amide bonds. The van der Waals surface area contributed by atoms with E-state index in [1.165, 1.54) is 177 Å². The number of aliphatic imine (C=N–C) groups is 2. The Morgan fingerprint density at radius 1 is 0.354 bits per heavy atom. The predicted octanol–water partition coefficient (Wildman–Crippen LogP) is 15.4. The topological polar surface area (TPSA) is 24.7 Å². The average molecular weight is 657 g/mol. The zero-order chi connectivity index (χ0) is 34.7. The van der Waals surface area contributed by atoms with E-state index in [9.17, 15) is 0 Å². The first-order chi connectivity index (χ1) is 23.6. The van der Waals surface area contributed by atoms with Gasteiger partial charge in [-0.1, -0.05) is 144 Å². The van der Waals surface area contributed by atoms with Crippen LogP contribution < -0.4 is 0 Å². The summed E-state index contributed by atoms with van der Waals surface area (Å²) in [7, 11) is 0. The largest absolute Gasteiger partial charge is 0.252 e. The highest BCUT2D eigenvalue weighted by Gasteiger charge is 2.13. The zero-order valence-electron chi connectivity index (χ0n) is 32.7. The lowest BCUT2D eigenvalue weighted by Gasteiger charge is -2.15. The molecule has 2 aromatic carbocycles. The Labute approximate surface area is 299 Å². The lowest BCUT2D eigenvalue weighted by atomic mass is 9.96. The van der Waals surface area contributed by atoms with Gasteiger partial charge in [0.25, 0.3) is 0 Å². The fourth-order valence-electron chi connectivity index (χ4n) is 6.86. The Balaban J connectivity index is 2.57. The van der Waals surface area contributed by atoms with E-state index in [0.29, 0.717) is 0 Å². The van der Waals surface area contributed by atoms with Gasteiger partial charge in [0, 0.05) is 0 Å². The maximum absolute atomic E-state index is 5.51. The molecule has 0 N–H and O–H groups in total. The molecular formula is C46H76N2. The van der Waals surface area contributed by atoms with Gasteiger partial charge in [0.1, 0.15) is 0 Å². The summed E-state index contributed by atoms with van der Waals surface area (Å²) < 4.78 is 0. The number of hydrogen-bond donors (Lipinski definition) is 0. The quantitative estimate of drug-likeness (QED) is 0.0615. The van der Waals surface area contributed by atoms with Gasteiger partial charge in [-0.3, -0.25) is 9.98 Å². The number of aryl methyl sites for hydroxylation is 4. The van der Waals surface area contributed by atoms with Crippen LogP contribution in [-0.4, -0.2) is 11.4 Å². The summed E-state index contributed by atoms with van der Waals surface area (Å²) in [6.07, 6.45) is 32.3. The van der Waals surface area contributed by atoms with Crippen molar-refractivity contribution in [3.05, 3.63) is 58.7 Å². The van der Waals surface area contributed by atoms with Gasteiger partial charge in [0.05, 0.1) is 22.8 Å². The Morgan fingerprint density at radius 2 is 0.667 bits per heavy atom. The minimum absolute atomic E-state index is 1.02. The van der Waals surface area contributed by atoms with E-state index in [1.54, 1.807) is 11.1 Å². The van der Waals surface area contributed by atoms with Gasteiger partial charge in [-0.2, -0.15) is 0 Å². The molecule has 0 heterocycles. The van der Waals surface area contributed by atoms with Crippen LogP contribution in [0.4, 0.5) is 11.4 Å². The Bertz CT molecular complexity index is 1070. The van der Waals surface area contributed by atoms with Gasteiger partial charge in [-0.25, -0.2) is 0 Å². The predicted molar refractivity (Wildman–Crippen MR) is 218 cm³/mol. The molecule has 0 saturated heterocycles. The molecule has 48 heavy (non-hydrogen) atoms. The Morgan fingerprint density at radius 3 is 1.00 bits per heavy atom. The third-order valence-electron chi connectivity index (χ3n) is 9.97. The molecule has 2 aromatic rings. The molecule has 0 aliphatic rings. The first kappa shape index (κ1) is 41.9. The Kier molecular flexibility index (Phi) is 24.1. The van der Waals surface area contributed by atoms with E-state index < -0.39 is 0 Å². The molecule has 0 saturated carbocycles. The summed E-state index contributed by atoms with van der Waals surface area (Å²) >= 11 is 0. The van der Waals surface area contributed by atoms with Gasteiger partial charge in [-0.05, 0) is 124 Å². The van der Waals surface area contributed by atoms with Crippen LogP contribution in [-0.2, 0) is 25.7 Å². The number of hydrogen-bond acceptors (Lipinski definition) is 2. The highest BCUT2D eigenvalue weighted by atomic mass is 14.8. The van der Waals surface area contributed by atoms with Crippen molar-refractivity contribution in [1.82, 2.24) is 0 Å². The molecule has 0 spiro atoms. The molecule has 0 aliphatic heterocycles. The lowest BCUT2D eigenvalue weighted by molar-refractivity contribution is 0.678. The smallest absolute Gasteiger partial charge is 0.0636 e. The minimum atomic E-state index is 1.02. The summed E-state index contributed by atoms with van der Waals surface area (Å²) in [5.41, 5.74) is 10.9. The third-order valence-corrected chi connectivity index (χ3v) is 9.97. The standard InChI is InChI=1S/C46H76N2/c1-7-13-19-25-31-45(47-43-35-33-39(27-21-15-9-3)41(37-43)29-23-17-11-5)46(32-26-20-14-8-2)48-44-36-34-40(28-22-16-10-4)42(38-44)30-24-18-12-6/h33-38H,7-32H2,1-6H3. The van der Waals surface area contributed by atoms with Gasteiger partial charge < -0.3 is 0 Å². The van der Waals surface area contributed by atoms with Crippen LogP contribution in [0.25, 0.3) is 0 Å². The minimum Gasteiger partial charge on any atom is -0.252 e. The van der Waals surface area contributed by atoms with Gasteiger partial charge in [0.15, 0.2) is 0 Å². The maximum atomic E-state index is 5.51. The number of nitrogens with zero attached hydrogens (tertiary/aromatic N) is 2. The average Bonchev–Trinajstić information content (AvgIpc) is 3.09. The van der Waals surface area contributed by atoms with Crippen molar-refractivity contribution in [2.75, 3.05) is 0 Å². The second-order valence-electron chi connectivity index (χ2n) is 14.5. The molecule has 2 heteroatoms. The molecule has 270 valence electrons. The van der Waals surface area contributed by atoms with Crippen molar-refractivity contribution in [2.24, 2.45) is 9.98 Å². The van der Waals surface area contributed by atoms with Gasteiger partial charge >= 0.3 is 0 Å². The second-order valence-corrected chi connectivity index (χ2v) is 14.5. The van der Waals surface area contributed by atoms with E-state index in [4.69, 9.17) is 9.98 Å². The van der Waals surface area contributed by atoms with Crippen molar-refractivity contribution < 1.29 is 0 Å². The highest BCUT2D eigenvalue weighted by Crippen LogP contribution is 2.27. The molecule has 2 nitrogen and oxygen atoms in total. The van der Waals surface area contributed by atoms with Crippen LogP contribution in [0.3, 0.4) is 0 Å². The summed E-state index contributed by atoms with van der Waals surface area (Å²) in [6, 6.07) is 14.3. The van der Waals surface area contributed by atoms with Gasteiger partial charge in [-0.15, -0.1) is 0 Å². The summed E-state index contributed by atoms with van der Waals surface area (Å²) in [6.45, 7) is 13.8. The van der Waals surface area contributed by atoms with Crippen LogP contribution >= 0.6 is 0 Å². The van der Waals surface area contributed by atoms with Crippen molar-refractivity contribution >= 4 is 22.8 Å². The molecule has 0 bridgehead atoms. The van der Waals surface area contributed by atoms with Crippen molar-refractivity contribution in [3.8, 4) is 0 Å². The van der Waals surface area contributed by atoms with E-state index in [1.807, 2.05) is 0 Å². The highest BCUT2D eigenvalue weighted by molar-refractivity contribution is 6.43. The summed E-state index contributed by atoms with van der Waals surface area (Å²) in [5, 5.41) is 0. The Hall–Kier alpha value is -2.22. The molecule has 2 rings (SSSR count). The number of rotatable bonds is 29. The lowest BCUT2D eigenvalue weighted by Crippen LogP contribution is -2.14. The molecular weight excluding hydrogens is 581 g/mol. The van der Waals surface area contributed by atoms with E-state index in [0.717, 1.165) is 24.2 Å². The monoisotopic (exact) mass is 657 g/mol. The molecule has 0 aliphatic carbocycles. The van der Waals surface area contributed by atoms with Crippen LogP contribution in [0.15, 0.2) is 46.4 Å². The fraction of sp³-hybridized carbons (Fsp3) is 0.696. The SMILES string of the molecule is CCCCCCC(=Nc1ccc(CCCCC)c(CCCCC)c1)C(CCCCCC)=Nc1ccc(CCCCC)c(CCCCC)c1.